The van der Waals surface area contributed by atoms with Crippen molar-refractivity contribution in [1.29, 1.82) is 0 Å². The first kappa shape index (κ1) is 15.3. The molecule has 1 atom stereocenters. The number of nitrogens with one attached hydrogen (secondary N) is 1. The van der Waals surface area contributed by atoms with E-state index in [0.717, 1.165) is 40.8 Å². The van der Waals surface area contributed by atoms with Gasteiger partial charge in [0.25, 0.3) is 0 Å². The van der Waals surface area contributed by atoms with Crippen molar-refractivity contribution >= 4 is 33.3 Å². The summed E-state index contributed by atoms with van der Waals surface area (Å²) in [5.41, 5.74) is 2.24. The Labute approximate surface area is 140 Å². The van der Waals surface area contributed by atoms with Crippen molar-refractivity contribution in [2.45, 2.75) is 26.7 Å². The number of rotatable bonds is 3. The second-order valence-corrected chi connectivity index (χ2v) is 6.90. The number of hydrogen-bond acceptors (Lipinski definition) is 4. The van der Waals surface area contributed by atoms with Gasteiger partial charge in [0, 0.05) is 29.3 Å². The summed E-state index contributed by atoms with van der Waals surface area (Å²) in [6, 6.07) is 8.23. The summed E-state index contributed by atoms with van der Waals surface area (Å²) in [7, 11) is 0. The molecule has 1 aromatic heterocycles. The molecular formula is C17H21BrN4. The van der Waals surface area contributed by atoms with Crippen LogP contribution in [0.25, 0.3) is 0 Å². The number of aromatic nitrogens is 2. The Morgan fingerprint density at radius 1 is 1.27 bits per heavy atom. The maximum Gasteiger partial charge on any atom is 0.135 e. The standard InChI is InChI=1S/C17H21BrN4/c1-12-4-3-7-22(10-12)17-9-16(19-11-20-17)21-14-5-6-15(18)13(2)8-14/h5-6,8-9,11-12H,3-4,7,10H2,1-2H3,(H,19,20,21). The van der Waals surface area contributed by atoms with Crippen LogP contribution in [-0.2, 0) is 0 Å². The third-order valence-electron chi connectivity index (χ3n) is 4.06. The van der Waals surface area contributed by atoms with Gasteiger partial charge in [-0.05, 0) is 49.4 Å². The molecule has 0 spiro atoms. The summed E-state index contributed by atoms with van der Waals surface area (Å²) in [4.78, 5) is 11.1. The van der Waals surface area contributed by atoms with Crippen LogP contribution in [0.4, 0.5) is 17.3 Å². The van der Waals surface area contributed by atoms with Crippen LogP contribution in [0.5, 0.6) is 0 Å². The Bertz CT molecular complexity index is 659. The highest BCUT2D eigenvalue weighted by Crippen LogP contribution is 2.25. The van der Waals surface area contributed by atoms with E-state index in [-0.39, 0.29) is 0 Å². The van der Waals surface area contributed by atoms with E-state index in [1.807, 2.05) is 18.2 Å². The van der Waals surface area contributed by atoms with Crippen molar-refractivity contribution in [2.75, 3.05) is 23.3 Å². The first-order valence-electron chi connectivity index (χ1n) is 7.72. The van der Waals surface area contributed by atoms with Crippen molar-refractivity contribution in [2.24, 2.45) is 5.92 Å². The molecule has 0 bridgehead atoms. The minimum Gasteiger partial charge on any atom is -0.356 e. The van der Waals surface area contributed by atoms with Gasteiger partial charge in [-0.1, -0.05) is 22.9 Å². The smallest absolute Gasteiger partial charge is 0.135 e. The predicted molar refractivity (Wildman–Crippen MR) is 94.8 cm³/mol. The summed E-state index contributed by atoms with van der Waals surface area (Å²) in [5.74, 6) is 2.58. The zero-order chi connectivity index (χ0) is 15.5. The molecule has 1 saturated heterocycles. The van der Waals surface area contributed by atoms with Gasteiger partial charge in [0.05, 0.1) is 0 Å². The van der Waals surface area contributed by atoms with Crippen LogP contribution < -0.4 is 10.2 Å². The molecule has 2 aromatic rings. The molecule has 1 aromatic carbocycles. The quantitative estimate of drug-likeness (QED) is 0.872. The van der Waals surface area contributed by atoms with E-state index in [9.17, 15) is 0 Å². The second kappa shape index (κ2) is 6.65. The van der Waals surface area contributed by atoms with Crippen molar-refractivity contribution < 1.29 is 0 Å². The lowest BCUT2D eigenvalue weighted by Gasteiger charge is -2.31. The van der Waals surface area contributed by atoms with Crippen LogP contribution >= 0.6 is 15.9 Å². The Balaban J connectivity index is 1.77. The average molecular weight is 361 g/mol. The van der Waals surface area contributed by atoms with E-state index in [1.165, 1.54) is 18.4 Å². The maximum absolute atomic E-state index is 4.44. The van der Waals surface area contributed by atoms with E-state index < -0.39 is 0 Å². The van der Waals surface area contributed by atoms with E-state index in [0.29, 0.717) is 0 Å². The predicted octanol–water partition coefficient (Wildman–Crippen LogP) is 4.53. The van der Waals surface area contributed by atoms with Crippen molar-refractivity contribution in [1.82, 2.24) is 9.97 Å². The molecule has 116 valence electrons. The van der Waals surface area contributed by atoms with Gasteiger partial charge < -0.3 is 10.2 Å². The number of nitrogens with zero attached hydrogens (tertiary/aromatic N) is 3. The molecule has 0 radical (unpaired) electrons. The van der Waals surface area contributed by atoms with E-state index in [2.05, 4.69) is 56.0 Å². The summed E-state index contributed by atoms with van der Waals surface area (Å²) >= 11 is 3.52. The van der Waals surface area contributed by atoms with Crippen molar-refractivity contribution in [3.63, 3.8) is 0 Å². The molecule has 1 fully saturated rings. The van der Waals surface area contributed by atoms with Crippen LogP contribution in [0.3, 0.4) is 0 Å². The summed E-state index contributed by atoms with van der Waals surface area (Å²) in [6.07, 6.45) is 4.19. The van der Waals surface area contributed by atoms with Gasteiger partial charge in [-0.3, -0.25) is 0 Å². The van der Waals surface area contributed by atoms with Gasteiger partial charge in [0.2, 0.25) is 0 Å². The third kappa shape index (κ3) is 3.58. The molecule has 0 aliphatic carbocycles. The fraction of sp³-hybridized carbons (Fsp3) is 0.412. The number of aryl methyl sites for hydroxylation is 1. The van der Waals surface area contributed by atoms with Crippen LogP contribution in [0, 0.1) is 12.8 Å². The lowest BCUT2D eigenvalue weighted by Crippen LogP contribution is -2.34. The molecular weight excluding hydrogens is 340 g/mol. The minimum absolute atomic E-state index is 0.731. The first-order chi connectivity index (χ1) is 10.6. The number of anilines is 3. The van der Waals surface area contributed by atoms with Gasteiger partial charge in [-0.2, -0.15) is 0 Å². The van der Waals surface area contributed by atoms with Gasteiger partial charge in [-0.15, -0.1) is 0 Å². The Hall–Kier alpha value is -1.62. The second-order valence-electron chi connectivity index (χ2n) is 6.04. The van der Waals surface area contributed by atoms with E-state index >= 15 is 0 Å². The SMILES string of the molecule is Cc1cc(Nc2cc(N3CCCC(C)C3)ncn2)ccc1Br. The molecule has 1 unspecified atom stereocenters. The van der Waals surface area contributed by atoms with Crippen LogP contribution in [0.1, 0.15) is 25.3 Å². The zero-order valence-electron chi connectivity index (χ0n) is 13.0. The van der Waals surface area contributed by atoms with Crippen molar-refractivity contribution in [3.8, 4) is 0 Å². The molecule has 0 amide bonds. The molecule has 5 heteroatoms. The third-order valence-corrected chi connectivity index (χ3v) is 4.95. The van der Waals surface area contributed by atoms with E-state index in [4.69, 9.17) is 0 Å². The number of benzene rings is 1. The first-order valence-corrected chi connectivity index (χ1v) is 8.51. The molecule has 4 nitrogen and oxygen atoms in total. The lowest BCUT2D eigenvalue weighted by molar-refractivity contribution is 0.444. The molecule has 22 heavy (non-hydrogen) atoms. The highest BCUT2D eigenvalue weighted by Gasteiger charge is 2.17. The van der Waals surface area contributed by atoms with Crippen molar-refractivity contribution in [3.05, 3.63) is 40.6 Å². The van der Waals surface area contributed by atoms with Gasteiger partial charge in [-0.25, -0.2) is 9.97 Å². The van der Waals surface area contributed by atoms with Gasteiger partial charge >= 0.3 is 0 Å². The van der Waals surface area contributed by atoms with Gasteiger partial charge in [0.15, 0.2) is 0 Å². The monoisotopic (exact) mass is 360 g/mol. The molecule has 1 N–H and O–H groups in total. The topological polar surface area (TPSA) is 41.0 Å². The number of halogens is 1. The number of piperidine rings is 1. The largest absolute Gasteiger partial charge is 0.356 e. The van der Waals surface area contributed by atoms with E-state index in [1.54, 1.807) is 6.33 Å². The summed E-state index contributed by atoms with van der Waals surface area (Å²) < 4.78 is 1.11. The Morgan fingerprint density at radius 3 is 2.91 bits per heavy atom. The average Bonchev–Trinajstić information content (AvgIpc) is 2.51. The number of hydrogen-bond donors (Lipinski definition) is 1. The molecule has 1 aliphatic rings. The highest BCUT2D eigenvalue weighted by atomic mass is 79.9. The van der Waals surface area contributed by atoms with Gasteiger partial charge in [0.1, 0.15) is 18.0 Å². The Morgan fingerprint density at radius 2 is 2.14 bits per heavy atom. The zero-order valence-corrected chi connectivity index (χ0v) is 14.6. The minimum atomic E-state index is 0.731. The molecule has 2 heterocycles. The molecule has 1 aliphatic heterocycles. The fourth-order valence-electron chi connectivity index (χ4n) is 2.86. The molecule has 0 saturated carbocycles. The lowest BCUT2D eigenvalue weighted by atomic mass is 10.0. The van der Waals surface area contributed by atoms with Crippen LogP contribution in [0.2, 0.25) is 0 Å². The van der Waals surface area contributed by atoms with Crippen LogP contribution in [0.15, 0.2) is 35.1 Å². The summed E-state index contributed by atoms with van der Waals surface area (Å²) in [5, 5.41) is 3.36. The summed E-state index contributed by atoms with van der Waals surface area (Å²) in [6.45, 7) is 6.54. The Kier molecular flexibility index (Phi) is 4.62. The maximum atomic E-state index is 4.44. The highest BCUT2D eigenvalue weighted by molar-refractivity contribution is 9.10. The fourth-order valence-corrected chi connectivity index (χ4v) is 3.10. The normalized spacial score (nSPS) is 18.3. The van der Waals surface area contributed by atoms with Crippen LogP contribution in [-0.4, -0.2) is 23.1 Å². The molecule has 3 rings (SSSR count).